The third-order valence-electron chi connectivity index (χ3n) is 4.70. The Morgan fingerprint density at radius 1 is 1.30 bits per heavy atom. The molecule has 2 atom stereocenters. The maximum absolute atomic E-state index is 11.3. The highest BCUT2D eigenvalue weighted by atomic mass is 16.4. The third-order valence-corrected chi connectivity index (χ3v) is 4.70. The minimum Gasteiger partial charge on any atom is -0.478 e. The third kappa shape index (κ3) is 1.68. The summed E-state index contributed by atoms with van der Waals surface area (Å²) < 4.78 is 0. The van der Waals surface area contributed by atoms with Crippen molar-refractivity contribution in [3.8, 4) is 0 Å². The van der Waals surface area contributed by atoms with Crippen LogP contribution in [0.15, 0.2) is 30.5 Å². The first-order valence-electron chi connectivity index (χ1n) is 7.11. The molecule has 20 heavy (non-hydrogen) atoms. The van der Waals surface area contributed by atoms with Gasteiger partial charge in [0.1, 0.15) is 0 Å². The summed E-state index contributed by atoms with van der Waals surface area (Å²) in [5.74, 6) is -0.0685. The molecule has 1 aromatic carbocycles. The predicted molar refractivity (Wildman–Crippen MR) is 77.2 cm³/mol. The average Bonchev–Trinajstić information content (AvgIpc) is 3.08. The number of carboxylic acid groups (broad SMARTS) is 1. The molecule has 0 amide bonds. The SMILES string of the molecule is O=C(O)c1ccnc2ccc(N3C[C@H]4CC[C@@H]3C4)cc12. The summed E-state index contributed by atoms with van der Waals surface area (Å²) in [6, 6.07) is 8.21. The van der Waals surface area contributed by atoms with E-state index in [4.69, 9.17) is 0 Å². The van der Waals surface area contributed by atoms with Crippen LogP contribution < -0.4 is 4.90 Å². The van der Waals surface area contributed by atoms with Crippen molar-refractivity contribution in [2.75, 3.05) is 11.4 Å². The molecule has 0 unspecified atom stereocenters. The molecule has 1 aliphatic heterocycles. The van der Waals surface area contributed by atoms with E-state index in [2.05, 4.69) is 16.0 Å². The number of rotatable bonds is 2. The number of hydrogen-bond donors (Lipinski definition) is 1. The minimum absolute atomic E-state index is 0.334. The zero-order chi connectivity index (χ0) is 13.7. The van der Waals surface area contributed by atoms with E-state index in [1.165, 1.54) is 19.3 Å². The van der Waals surface area contributed by atoms with E-state index in [1.54, 1.807) is 12.3 Å². The molecule has 1 aromatic heterocycles. The Labute approximate surface area is 117 Å². The molecule has 0 spiro atoms. The molecule has 2 aromatic rings. The van der Waals surface area contributed by atoms with Crippen LogP contribution in [-0.2, 0) is 0 Å². The standard InChI is InChI=1S/C16H16N2O2/c19-16(20)13-5-6-17-15-4-3-12(8-14(13)15)18-9-10-1-2-11(18)7-10/h3-6,8,10-11H,1-2,7,9H2,(H,19,20)/t10-,11+/m0/s1. The summed E-state index contributed by atoms with van der Waals surface area (Å²) in [7, 11) is 0. The van der Waals surface area contributed by atoms with Crippen molar-refractivity contribution in [1.29, 1.82) is 0 Å². The molecule has 4 nitrogen and oxygen atoms in total. The smallest absolute Gasteiger partial charge is 0.336 e. The van der Waals surface area contributed by atoms with Crippen molar-refractivity contribution in [2.24, 2.45) is 5.92 Å². The highest BCUT2D eigenvalue weighted by molar-refractivity contribution is 6.03. The molecule has 1 aliphatic carbocycles. The number of fused-ring (bicyclic) bond motifs is 3. The van der Waals surface area contributed by atoms with Gasteiger partial charge in [-0.3, -0.25) is 4.98 Å². The lowest BCUT2D eigenvalue weighted by Crippen LogP contribution is -2.31. The maximum Gasteiger partial charge on any atom is 0.336 e. The second kappa shape index (κ2) is 4.20. The van der Waals surface area contributed by atoms with Gasteiger partial charge in [-0.2, -0.15) is 0 Å². The normalized spacial score (nSPS) is 24.5. The van der Waals surface area contributed by atoms with Crippen molar-refractivity contribution in [3.63, 3.8) is 0 Å². The minimum atomic E-state index is -0.891. The predicted octanol–water partition coefficient (Wildman–Crippen LogP) is 2.92. The zero-order valence-electron chi connectivity index (χ0n) is 11.1. The van der Waals surface area contributed by atoms with Gasteiger partial charge in [0.05, 0.1) is 11.1 Å². The van der Waals surface area contributed by atoms with Crippen LogP contribution in [0.1, 0.15) is 29.6 Å². The van der Waals surface area contributed by atoms with Gasteiger partial charge in [0.15, 0.2) is 0 Å². The molecule has 1 saturated carbocycles. The number of pyridine rings is 1. The van der Waals surface area contributed by atoms with Crippen LogP contribution in [-0.4, -0.2) is 28.6 Å². The molecule has 4 heteroatoms. The molecule has 102 valence electrons. The zero-order valence-corrected chi connectivity index (χ0v) is 11.1. The number of piperidine rings is 1. The molecule has 2 heterocycles. The van der Waals surface area contributed by atoms with Crippen LogP contribution in [0.5, 0.6) is 0 Å². The van der Waals surface area contributed by atoms with E-state index in [0.717, 1.165) is 29.1 Å². The monoisotopic (exact) mass is 268 g/mol. The molecule has 2 bridgehead atoms. The Morgan fingerprint density at radius 3 is 2.90 bits per heavy atom. The van der Waals surface area contributed by atoms with Gasteiger partial charge in [-0.1, -0.05) is 0 Å². The summed E-state index contributed by atoms with van der Waals surface area (Å²) >= 11 is 0. The summed E-state index contributed by atoms with van der Waals surface area (Å²) in [5.41, 5.74) is 2.22. The lowest BCUT2D eigenvalue weighted by atomic mass is 10.1. The number of carboxylic acids is 1. The molecular formula is C16H16N2O2. The van der Waals surface area contributed by atoms with Crippen LogP contribution in [0.25, 0.3) is 10.9 Å². The number of benzene rings is 1. The second-order valence-electron chi connectivity index (χ2n) is 5.85. The number of nitrogens with zero attached hydrogens (tertiary/aromatic N) is 2. The molecule has 0 radical (unpaired) electrons. The fraction of sp³-hybridized carbons (Fsp3) is 0.375. The van der Waals surface area contributed by atoms with E-state index in [-0.39, 0.29) is 0 Å². The first-order valence-corrected chi connectivity index (χ1v) is 7.11. The van der Waals surface area contributed by atoms with Gasteiger partial charge in [-0.15, -0.1) is 0 Å². The Hall–Kier alpha value is -2.10. The van der Waals surface area contributed by atoms with E-state index < -0.39 is 5.97 Å². The van der Waals surface area contributed by atoms with Crippen molar-refractivity contribution < 1.29 is 9.90 Å². The van der Waals surface area contributed by atoms with E-state index in [1.807, 2.05) is 12.1 Å². The first kappa shape index (κ1) is 11.7. The fourth-order valence-corrected chi connectivity index (χ4v) is 3.74. The van der Waals surface area contributed by atoms with E-state index in [9.17, 15) is 9.90 Å². The largest absolute Gasteiger partial charge is 0.478 e. The van der Waals surface area contributed by atoms with E-state index in [0.29, 0.717) is 11.6 Å². The summed E-state index contributed by atoms with van der Waals surface area (Å²) in [4.78, 5) is 18.0. The average molecular weight is 268 g/mol. The van der Waals surface area contributed by atoms with Crippen LogP contribution in [0, 0.1) is 5.92 Å². The van der Waals surface area contributed by atoms with Gasteiger partial charge in [0, 0.05) is 29.9 Å². The fourth-order valence-electron chi connectivity index (χ4n) is 3.74. The Bertz CT molecular complexity index is 698. The first-order chi connectivity index (χ1) is 9.72. The number of anilines is 1. The van der Waals surface area contributed by atoms with Crippen molar-refractivity contribution in [1.82, 2.24) is 4.98 Å². The van der Waals surface area contributed by atoms with Crippen molar-refractivity contribution in [3.05, 3.63) is 36.0 Å². The Kier molecular flexibility index (Phi) is 2.46. The van der Waals surface area contributed by atoms with Gasteiger partial charge >= 0.3 is 5.97 Å². The van der Waals surface area contributed by atoms with Crippen LogP contribution in [0.2, 0.25) is 0 Å². The van der Waals surface area contributed by atoms with Gasteiger partial charge in [-0.05, 0) is 49.4 Å². The van der Waals surface area contributed by atoms with Crippen LogP contribution in [0.3, 0.4) is 0 Å². The summed E-state index contributed by atoms with van der Waals surface area (Å²) in [5, 5.41) is 10.0. The van der Waals surface area contributed by atoms with Crippen molar-refractivity contribution in [2.45, 2.75) is 25.3 Å². The summed E-state index contributed by atoms with van der Waals surface area (Å²) in [6.45, 7) is 1.11. The van der Waals surface area contributed by atoms with Gasteiger partial charge in [0.25, 0.3) is 0 Å². The number of aromatic carboxylic acids is 1. The highest BCUT2D eigenvalue weighted by Crippen LogP contribution is 2.40. The van der Waals surface area contributed by atoms with Gasteiger partial charge < -0.3 is 10.0 Å². The topological polar surface area (TPSA) is 53.4 Å². The number of carbonyl (C=O) groups is 1. The number of aromatic nitrogens is 1. The second-order valence-corrected chi connectivity index (χ2v) is 5.85. The maximum atomic E-state index is 11.3. The molecular weight excluding hydrogens is 252 g/mol. The number of hydrogen-bond acceptors (Lipinski definition) is 3. The molecule has 1 saturated heterocycles. The van der Waals surface area contributed by atoms with Gasteiger partial charge in [-0.25, -0.2) is 4.79 Å². The van der Waals surface area contributed by atoms with Crippen molar-refractivity contribution >= 4 is 22.6 Å². The summed E-state index contributed by atoms with van der Waals surface area (Å²) in [6.07, 6.45) is 5.46. The Morgan fingerprint density at radius 2 is 2.20 bits per heavy atom. The highest BCUT2D eigenvalue weighted by Gasteiger charge is 2.37. The molecule has 2 fully saturated rings. The lowest BCUT2D eigenvalue weighted by Gasteiger charge is -2.29. The Balaban J connectivity index is 1.82. The van der Waals surface area contributed by atoms with Crippen LogP contribution in [0.4, 0.5) is 5.69 Å². The molecule has 2 aliphatic rings. The van der Waals surface area contributed by atoms with Gasteiger partial charge in [0.2, 0.25) is 0 Å². The molecule has 1 N–H and O–H groups in total. The lowest BCUT2D eigenvalue weighted by molar-refractivity contribution is 0.0699. The van der Waals surface area contributed by atoms with Crippen LogP contribution >= 0.6 is 0 Å². The van der Waals surface area contributed by atoms with E-state index >= 15 is 0 Å². The molecule has 4 rings (SSSR count). The quantitative estimate of drug-likeness (QED) is 0.910.